The van der Waals surface area contributed by atoms with Crippen molar-refractivity contribution in [1.29, 1.82) is 0 Å². The predicted octanol–water partition coefficient (Wildman–Crippen LogP) is 4.85. The number of sulfone groups is 1. The zero-order chi connectivity index (χ0) is 15.6. The third-order valence-corrected chi connectivity index (χ3v) is 5.65. The highest BCUT2D eigenvalue weighted by molar-refractivity contribution is 7.97. The van der Waals surface area contributed by atoms with E-state index in [9.17, 15) is 8.42 Å². The molecule has 0 bridgehead atoms. The third kappa shape index (κ3) is 2.78. The number of rotatable bonds is 3. The highest BCUT2D eigenvalue weighted by Crippen LogP contribution is 2.27. The van der Waals surface area contributed by atoms with Crippen molar-refractivity contribution in [2.45, 2.75) is 4.90 Å². The number of benzene rings is 3. The summed E-state index contributed by atoms with van der Waals surface area (Å²) in [5.41, 5.74) is 0.780. The molecule has 0 saturated heterocycles. The summed E-state index contributed by atoms with van der Waals surface area (Å²) in [5, 5.41) is 2.00. The minimum Gasteiger partial charge on any atom is -0.218 e. The van der Waals surface area contributed by atoms with Gasteiger partial charge in [-0.1, -0.05) is 72.3 Å². The van der Waals surface area contributed by atoms with Crippen LogP contribution in [0.4, 0.5) is 0 Å². The van der Waals surface area contributed by atoms with Gasteiger partial charge in [-0.3, -0.25) is 0 Å². The molecule has 3 aromatic rings. The molecule has 0 aromatic heterocycles. The molecule has 3 aromatic carbocycles. The van der Waals surface area contributed by atoms with Crippen LogP contribution in [-0.2, 0) is 9.84 Å². The minimum atomic E-state index is -3.68. The van der Waals surface area contributed by atoms with Crippen LogP contribution in [0.1, 0.15) is 5.56 Å². The van der Waals surface area contributed by atoms with Crippen molar-refractivity contribution in [1.82, 2.24) is 0 Å². The zero-order valence-corrected chi connectivity index (χ0v) is 13.2. The molecule has 0 saturated carbocycles. The summed E-state index contributed by atoms with van der Waals surface area (Å²) in [6.07, 6.45) is 1.51. The van der Waals surface area contributed by atoms with E-state index in [1.807, 2.05) is 42.5 Å². The van der Waals surface area contributed by atoms with E-state index in [4.69, 9.17) is 11.6 Å². The molecule has 0 amide bonds. The average Bonchev–Trinajstić information content (AvgIpc) is 2.56. The maximum Gasteiger partial charge on any atom is 0.217 e. The molecule has 110 valence electrons. The van der Waals surface area contributed by atoms with Crippen LogP contribution < -0.4 is 0 Å². The van der Waals surface area contributed by atoms with Crippen LogP contribution in [0.3, 0.4) is 0 Å². The summed E-state index contributed by atoms with van der Waals surface area (Å²) in [5.74, 6) is 0. The fourth-order valence-corrected chi connectivity index (χ4v) is 3.70. The molecule has 0 N–H and O–H groups in total. The fraction of sp³-hybridized carbons (Fsp3) is 0. The molecule has 0 aliphatic carbocycles. The predicted molar refractivity (Wildman–Crippen MR) is 91.4 cm³/mol. The molecule has 3 rings (SSSR count). The molecular formula is C18H13ClO2S. The SMILES string of the molecule is O=S(=O)(/C(Cl)=C/c1cccc2ccccc12)c1ccccc1. The summed E-state index contributed by atoms with van der Waals surface area (Å²) in [4.78, 5) is 0.191. The Morgan fingerprint density at radius 1 is 0.818 bits per heavy atom. The molecule has 0 heterocycles. The molecule has 2 nitrogen and oxygen atoms in total. The van der Waals surface area contributed by atoms with E-state index >= 15 is 0 Å². The van der Waals surface area contributed by atoms with Gasteiger partial charge in [0.15, 0.2) is 0 Å². The van der Waals surface area contributed by atoms with Crippen LogP contribution in [0.5, 0.6) is 0 Å². The average molecular weight is 329 g/mol. The van der Waals surface area contributed by atoms with Crippen molar-refractivity contribution in [3.63, 3.8) is 0 Å². The van der Waals surface area contributed by atoms with E-state index < -0.39 is 9.84 Å². The first-order valence-corrected chi connectivity index (χ1v) is 8.60. The van der Waals surface area contributed by atoms with Crippen LogP contribution in [0.25, 0.3) is 16.8 Å². The number of hydrogen-bond donors (Lipinski definition) is 0. The Morgan fingerprint density at radius 3 is 2.23 bits per heavy atom. The van der Waals surface area contributed by atoms with Crippen LogP contribution in [0, 0.1) is 0 Å². The van der Waals surface area contributed by atoms with E-state index in [1.54, 1.807) is 18.2 Å². The maximum atomic E-state index is 12.5. The van der Waals surface area contributed by atoms with E-state index in [-0.39, 0.29) is 9.26 Å². The lowest BCUT2D eigenvalue weighted by molar-refractivity contribution is 0.604. The summed E-state index contributed by atoms with van der Waals surface area (Å²) in [7, 11) is -3.68. The third-order valence-electron chi connectivity index (χ3n) is 3.40. The summed E-state index contributed by atoms with van der Waals surface area (Å²) in [6, 6.07) is 21.7. The molecule has 0 unspecified atom stereocenters. The molecule has 0 aliphatic heterocycles. The van der Waals surface area contributed by atoms with E-state index in [0.29, 0.717) is 0 Å². The van der Waals surface area contributed by atoms with Gasteiger partial charge in [-0.2, -0.15) is 0 Å². The first-order valence-electron chi connectivity index (χ1n) is 6.74. The molecule has 0 radical (unpaired) electrons. The van der Waals surface area contributed by atoms with Crippen molar-refractivity contribution in [3.8, 4) is 0 Å². The van der Waals surface area contributed by atoms with Gasteiger partial charge in [-0.25, -0.2) is 8.42 Å². The second-order valence-corrected chi connectivity index (χ2v) is 7.38. The standard InChI is InChI=1S/C18H13ClO2S/c19-18(22(20,21)16-10-2-1-3-11-16)13-15-9-6-8-14-7-4-5-12-17(14)15/h1-13H/b18-13+. The minimum absolute atomic E-state index is 0.185. The van der Waals surface area contributed by atoms with Gasteiger partial charge in [-0.15, -0.1) is 0 Å². The van der Waals surface area contributed by atoms with Gasteiger partial charge in [0, 0.05) is 0 Å². The van der Waals surface area contributed by atoms with Crippen molar-refractivity contribution in [3.05, 3.63) is 82.7 Å². The van der Waals surface area contributed by atoms with Crippen molar-refractivity contribution >= 4 is 38.3 Å². The van der Waals surface area contributed by atoms with Crippen LogP contribution in [0.2, 0.25) is 0 Å². The van der Waals surface area contributed by atoms with Gasteiger partial charge in [-0.05, 0) is 34.5 Å². The molecule has 0 fully saturated rings. The zero-order valence-electron chi connectivity index (χ0n) is 11.6. The fourth-order valence-electron chi connectivity index (χ4n) is 2.29. The van der Waals surface area contributed by atoms with Crippen LogP contribution >= 0.6 is 11.6 Å². The highest BCUT2D eigenvalue weighted by atomic mass is 35.5. The smallest absolute Gasteiger partial charge is 0.217 e. The van der Waals surface area contributed by atoms with E-state index in [0.717, 1.165) is 16.3 Å². The molecule has 0 atom stereocenters. The van der Waals surface area contributed by atoms with Crippen LogP contribution in [0.15, 0.2) is 82.1 Å². The maximum absolute atomic E-state index is 12.5. The Balaban J connectivity index is 2.11. The lowest BCUT2D eigenvalue weighted by atomic mass is 10.1. The summed E-state index contributed by atoms with van der Waals surface area (Å²) >= 11 is 6.12. The van der Waals surface area contributed by atoms with Crippen LogP contribution in [-0.4, -0.2) is 8.42 Å². The highest BCUT2D eigenvalue weighted by Gasteiger charge is 2.18. The lowest BCUT2D eigenvalue weighted by Crippen LogP contribution is -2.00. The van der Waals surface area contributed by atoms with Gasteiger partial charge in [0.25, 0.3) is 0 Å². The Bertz CT molecular complexity index is 940. The number of fused-ring (bicyclic) bond motifs is 1. The van der Waals surface area contributed by atoms with E-state index in [1.165, 1.54) is 18.2 Å². The van der Waals surface area contributed by atoms with Crippen molar-refractivity contribution in [2.24, 2.45) is 0 Å². The van der Waals surface area contributed by atoms with Gasteiger partial charge in [0.1, 0.15) is 4.36 Å². The molecule has 22 heavy (non-hydrogen) atoms. The Hall–Kier alpha value is -2.10. The second-order valence-electron chi connectivity index (χ2n) is 4.83. The quantitative estimate of drug-likeness (QED) is 0.688. The monoisotopic (exact) mass is 328 g/mol. The van der Waals surface area contributed by atoms with Gasteiger partial charge >= 0.3 is 0 Å². The molecule has 0 spiro atoms. The molecular weight excluding hydrogens is 316 g/mol. The second kappa shape index (κ2) is 5.95. The first-order chi connectivity index (χ1) is 10.6. The van der Waals surface area contributed by atoms with Gasteiger partial charge in [0.05, 0.1) is 4.90 Å². The normalized spacial score (nSPS) is 12.5. The molecule has 4 heteroatoms. The first kappa shape index (κ1) is 14.8. The lowest BCUT2D eigenvalue weighted by Gasteiger charge is -2.05. The number of halogens is 1. The number of hydrogen-bond acceptors (Lipinski definition) is 2. The van der Waals surface area contributed by atoms with Crippen molar-refractivity contribution < 1.29 is 8.42 Å². The molecule has 0 aliphatic rings. The Labute approximate surface area is 134 Å². The summed E-state index contributed by atoms with van der Waals surface area (Å²) in [6.45, 7) is 0. The van der Waals surface area contributed by atoms with Crippen molar-refractivity contribution in [2.75, 3.05) is 0 Å². The topological polar surface area (TPSA) is 34.1 Å². The Morgan fingerprint density at radius 2 is 1.45 bits per heavy atom. The largest absolute Gasteiger partial charge is 0.218 e. The van der Waals surface area contributed by atoms with Gasteiger partial charge in [0.2, 0.25) is 9.84 Å². The Kier molecular flexibility index (Phi) is 4.01. The van der Waals surface area contributed by atoms with Gasteiger partial charge < -0.3 is 0 Å². The summed E-state index contributed by atoms with van der Waals surface area (Å²) < 4.78 is 24.8. The van der Waals surface area contributed by atoms with E-state index in [2.05, 4.69) is 0 Å².